The Morgan fingerprint density at radius 3 is 2.25 bits per heavy atom. The lowest BCUT2D eigenvalue weighted by Gasteiger charge is -2.04. The van der Waals surface area contributed by atoms with Gasteiger partial charge in [0, 0.05) is 26.6 Å². The second-order valence-electron chi connectivity index (χ2n) is 3.25. The molecule has 0 saturated carbocycles. The molecule has 6 radical (unpaired) electrons. The Morgan fingerprint density at radius 2 is 1.67 bits per heavy atom. The summed E-state index contributed by atoms with van der Waals surface area (Å²) >= 11 is 0. The Hall–Kier alpha value is 0.651. The van der Waals surface area contributed by atoms with Crippen LogP contribution in [0.15, 0.2) is 0 Å². The van der Waals surface area contributed by atoms with Crippen molar-refractivity contribution in [2.24, 2.45) is 0 Å². The van der Waals surface area contributed by atoms with Crippen molar-refractivity contribution in [3.8, 4) is 0 Å². The summed E-state index contributed by atoms with van der Waals surface area (Å²) in [7, 11) is 4.89. The van der Waals surface area contributed by atoms with Gasteiger partial charge in [0.1, 0.15) is 0 Å². The van der Waals surface area contributed by atoms with Gasteiger partial charge in [0.2, 0.25) is 0 Å². The molecular weight excluding hydrogens is 192 g/mol. The van der Waals surface area contributed by atoms with E-state index in [9.17, 15) is 0 Å². The highest BCUT2D eigenvalue weighted by molar-refractivity contribution is 7.34. The van der Waals surface area contributed by atoms with E-state index >= 15 is 0 Å². The first-order valence-electron chi connectivity index (χ1n) is 5.06. The average molecular weight is 213 g/mol. The van der Waals surface area contributed by atoms with Gasteiger partial charge in [-0.05, 0) is 0 Å². The number of hydrogen-bond donors (Lipinski definition) is 0. The van der Waals surface area contributed by atoms with Crippen LogP contribution in [0.4, 0.5) is 0 Å². The summed E-state index contributed by atoms with van der Waals surface area (Å²) < 4.78 is 0. The fraction of sp³-hybridized carbons (Fsp3) is 1.00. The Bertz CT molecular complexity index is 85.8. The molecule has 0 spiro atoms. The molecule has 0 amide bonds. The van der Waals surface area contributed by atoms with Gasteiger partial charge in [-0.2, -0.15) is 0 Å². The van der Waals surface area contributed by atoms with Gasteiger partial charge >= 0.3 is 0 Å². The van der Waals surface area contributed by atoms with E-state index in [0.717, 1.165) is 9.04 Å². The largest absolute Gasteiger partial charge is 0.0759 e. The van der Waals surface area contributed by atoms with E-state index in [2.05, 4.69) is 23.2 Å². The van der Waals surface area contributed by atoms with Crippen LogP contribution in [0.1, 0.15) is 45.4 Å². The first kappa shape index (κ1) is 12.7. The highest BCUT2D eigenvalue weighted by Gasteiger charge is 2.00. The smallest absolute Gasteiger partial charge is 0.0184 e. The van der Waals surface area contributed by atoms with Crippen LogP contribution in [0.2, 0.25) is 12.6 Å². The van der Waals surface area contributed by atoms with Gasteiger partial charge in [-0.1, -0.05) is 58.0 Å². The van der Waals surface area contributed by atoms with Crippen LogP contribution in [0.5, 0.6) is 0 Å². The summed E-state index contributed by atoms with van der Waals surface area (Å²) in [6.07, 6.45) is 8.63. The van der Waals surface area contributed by atoms with Gasteiger partial charge in [-0.15, -0.1) is 0 Å². The van der Waals surface area contributed by atoms with Crippen molar-refractivity contribution in [3.63, 3.8) is 0 Å². The van der Waals surface area contributed by atoms with Gasteiger partial charge < -0.3 is 0 Å². The highest BCUT2D eigenvalue weighted by atomic mass is 29.5. The Labute approximate surface area is 85.0 Å². The molecule has 0 N–H and O–H groups in total. The third kappa shape index (κ3) is 8.74. The lowest BCUT2D eigenvalue weighted by Crippen LogP contribution is -2.19. The molecule has 68 valence electrons. The molecule has 0 nitrogen and oxygen atoms in total. The van der Waals surface area contributed by atoms with Gasteiger partial charge in [0.25, 0.3) is 0 Å². The topological polar surface area (TPSA) is 0 Å². The molecule has 0 fully saturated rings. The summed E-state index contributed by atoms with van der Waals surface area (Å²) in [5.74, 6) is 0. The summed E-state index contributed by atoms with van der Waals surface area (Å²) in [5.41, 5.74) is 0. The van der Waals surface area contributed by atoms with Crippen LogP contribution in [0.3, 0.4) is 0 Å². The van der Waals surface area contributed by atoms with Crippen LogP contribution in [-0.4, -0.2) is 26.6 Å². The quantitative estimate of drug-likeness (QED) is 0.429. The molecular formula is C9H20Si3. The molecule has 0 aliphatic heterocycles. The second-order valence-corrected chi connectivity index (χ2v) is 11.8. The van der Waals surface area contributed by atoms with Gasteiger partial charge in [-0.3, -0.25) is 0 Å². The molecule has 0 aliphatic rings. The molecule has 12 heavy (non-hydrogen) atoms. The van der Waals surface area contributed by atoms with Crippen LogP contribution in [-0.2, 0) is 0 Å². The van der Waals surface area contributed by atoms with E-state index in [1.165, 1.54) is 44.6 Å². The molecule has 0 unspecified atom stereocenters. The summed E-state index contributed by atoms with van der Waals surface area (Å²) in [4.78, 5) is 0. The first-order chi connectivity index (χ1) is 5.81. The molecule has 0 aliphatic carbocycles. The van der Waals surface area contributed by atoms with Gasteiger partial charge in [0.15, 0.2) is 0 Å². The van der Waals surface area contributed by atoms with Crippen LogP contribution in [0.25, 0.3) is 0 Å². The Kier molecular flexibility index (Phi) is 10.3. The Morgan fingerprint density at radius 1 is 1.08 bits per heavy atom. The van der Waals surface area contributed by atoms with Crippen LogP contribution < -0.4 is 0 Å². The van der Waals surface area contributed by atoms with Gasteiger partial charge in [0.05, 0.1) is 0 Å². The number of hydrogen-bond acceptors (Lipinski definition) is 0. The SMILES string of the molecule is CCCCCCCC[Si]([Si])[Si]C. The molecule has 0 heterocycles. The minimum atomic E-state index is -0.0882. The molecule has 0 saturated heterocycles. The lowest BCUT2D eigenvalue weighted by atomic mass is 10.1. The standard InChI is InChI=1S/C9H20Si3/c1-3-4-5-6-7-8-9-12(10)11-2/h3-9H2,1-2H3. The monoisotopic (exact) mass is 212 g/mol. The highest BCUT2D eigenvalue weighted by Crippen LogP contribution is 2.07. The van der Waals surface area contributed by atoms with Crippen LogP contribution in [0, 0.1) is 0 Å². The van der Waals surface area contributed by atoms with E-state index in [0.29, 0.717) is 0 Å². The number of unbranched alkanes of at least 4 members (excludes halogenated alkanes) is 5. The predicted molar refractivity (Wildman–Crippen MR) is 61.3 cm³/mol. The average Bonchev–Trinajstić information content (AvgIpc) is 2.10. The summed E-state index contributed by atoms with van der Waals surface area (Å²) in [6.45, 7) is 4.59. The first-order valence-corrected chi connectivity index (χ1v) is 10.8. The molecule has 0 aromatic heterocycles. The molecule has 0 aromatic rings. The maximum absolute atomic E-state index is 3.82. The molecule has 0 bridgehead atoms. The zero-order chi connectivity index (χ0) is 9.23. The zero-order valence-electron chi connectivity index (χ0n) is 8.45. The predicted octanol–water partition coefficient (Wildman–Crippen LogP) is 2.76. The van der Waals surface area contributed by atoms with Gasteiger partial charge in [-0.25, -0.2) is 0 Å². The third-order valence-corrected chi connectivity index (χ3v) is 9.10. The maximum atomic E-state index is 3.82. The van der Waals surface area contributed by atoms with E-state index in [-0.39, 0.29) is 7.83 Å². The van der Waals surface area contributed by atoms with Crippen molar-refractivity contribution in [2.75, 3.05) is 0 Å². The zero-order valence-corrected chi connectivity index (χ0v) is 11.4. The van der Waals surface area contributed by atoms with E-state index in [1.54, 1.807) is 0 Å². The maximum Gasteiger partial charge on any atom is 0.0184 e. The van der Waals surface area contributed by atoms with Crippen molar-refractivity contribution < 1.29 is 0 Å². The van der Waals surface area contributed by atoms with E-state index in [1.807, 2.05) is 0 Å². The van der Waals surface area contributed by atoms with E-state index < -0.39 is 0 Å². The van der Waals surface area contributed by atoms with Crippen molar-refractivity contribution in [1.82, 2.24) is 0 Å². The minimum absolute atomic E-state index is 0.0882. The normalized spacial score (nSPS) is 11.0. The second kappa shape index (κ2) is 9.74. The third-order valence-electron chi connectivity index (χ3n) is 2.08. The lowest BCUT2D eigenvalue weighted by molar-refractivity contribution is 0.624. The van der Waals surface area contributed by atoms with Crippen molar-refractivity contribution >= 4 is 26.6 Å². The molecule has 0 rings (SSSR count). The molecule has 0 atom stereocenters. The minimum Gasteiger partial charge on any atom is -0.0759 e. The molecule has 3 heteroatoms. The summed E-state index contributed by atoms with van der Waals surface area (Å²) in [5, 5.41) is 0. The van der Waals surface area contributed by atoms with E-state index in [4.69, 9.17) is 0 Å². The number of rotatable bonds is 8. The Balaban J connectivity index is 2.90. The van der Waals surface area contributed by atoms with Crippen molar-refractivity contribution in [2.45, 2.75) is 58.0 Å². The fourth-order valence-corrected chi connectivity index (χ4v) is 3.87. The fourth-order valence-electron chi connectivity index (χ4n) is 1.21. The van der Waals surface area contributed by atoms with Crippen LogP contribution >= 0.6 is 0 Å². The molecule has 0 aromatic carbocycles. The van der Waals surface area contributed by atoms with Crippen molar-refractivity contribution in [1.29, 1.82) is 0 Å². The van der Waals surface area contributed by atoms with Crippen molar-refractivity contribution in [3.05, 3.63) is 0 Å². The summed E-state index contributed by atoms with van der Waals surface area (Å²) in [6, 6.07) is 1.47.